The van der Waals surface area contributed by atoms with Gasteiger partial charge >= 0.3 is 11.7 Å². The lowest BCUT2D eigenvalue weighted by Gasteiger charge is -2.27. The quantitative estimate of drug-likeness (QED) is 0.467. The zero-order valence-corrected chi connectivity index (χ0v) is 8.78. The molecule has 1 aliphatic rings. The fourth-order valence-electron chi connectivity index (χ4n) is 1.70. The van der Waals surface area contributed by atoms with Gasteiger partial charge in [-0.2, -0.15) is 0 Å². The summed E-state index contributed by atoms with van der Waals surface area (Å²) in [4.78, 5) is 35.5. The number of ether oxygens (including phenoxy) is 1. The number of cyclic esters (lactones) is 1. The van der Waals surface area contributed by atoms with E-state index in [9.17, 15) is 24.6 Å². The van der Waals surface area contributed by atoms with Crippen LogP contribution in [0.4, 0.5) is 0 Å². The van der Waals surface area contributed by atoms with Crippen LogP contribution in [0.25, 0.3) is 0 Å². The number of carbonyl (C=O) groups excluding carboxylic acids is 1. The fourth-order valence-corrected chi connectivity index (χ4v) is 1.70. The molecule has 8 nitrogen and oxygen atoms in total. The Morgan fingerprint density at radius 3 is 2.53 bits per heavy atom. The van der Waals surface area contributed by atoms with Gasteiger partial charge in [0.25, 0.3) is 5.56 Å². The first-order chi connectivity index (χ1) is 7.86. The Hall–Kier alpha value is -1.93. The molecule has 92 valence electrons. The van der Waals surface area contributed by atoms with Gasteiger partial charge in [-0.3, -0.25) is 14.3 Å². The van der Waals surface area contributed by atoms with Gasteiger partial charge in [-0.15, -0.1) is 0 Å². The maximum atomic E-state index is 11.5. The molecule has 1 fully saturated rings. The summed E-state index contributed by atoms with van der Waals surface area (Å²) in [7, 11) is 0. The van der Waals surface area contributed by atoms with Crippen molar-refractivity contribution in [3.05, 3.63) is 33.1 Å². The van der Waals surface area contributed by atoms with Crippen molar-refractivity contribution in [2.24, 2.45) is 0 Å². The number of nitrogens with zero attached hydrogens (tertiary/aromatic N) is 1. The lowest BCUT2D eigenvalue weighted by atomic mass is 10.1. The minimum absolute atomic E-state index is 0.616. The average molecular weight is 242 g/mol. The van der Waals surface area contributed by atoms with E-state index in [1.165, 1.54) is 6.92 Å². The highest BCUT2D eigenvalue weighted by atomic mass is 16.6. The summed E-state index contributed by atoms with van der Waals surface area (Å²) in [5.41, 5.74) is -3.20. The number of rotatable bonds is 1. The van der Waals surface area contributed by atoms with Crippen molar-refractivity contribution < 1.29 is 19.7 Å². The van der Waals surface area contributed by atoms with E-state index in [2.05, 4.69) is 0 Å². The Morgan fingerprint density at radius 1 is 1.41 bits per heavy atom. The predicted molar refractivity (Wildman–Crippen MR) is 53.1 cm³/mol. The number of aliphatic hydroxyl groups excluding tert-OH is 2. The van der Waals surface area contributed by atoms with Gasteiger partial charge in [-0.05, 0) is 6.92 Å². The number of carbonyl (C=O) groups is 1. The van der Waals surface area contributed by atoms with Crippen LogP contribution in [0.5, 0.6) is 0 Å². The van der Waals surface area contributed by atoms with Crippen LogP contribution in [0, 0.1) is 0 Å². The third kappa shape index (κ3) is 1.58. The Morgan fingerprint density at radius 2 is 2.06 bits per heavy atom. The molecule has 3 N–H and O–H groups in total. The predicted octanol–water partition coefficient (Wildman–Crippen LogP) is -2.51. The first-order valence-corrected chi connectivity index (χ1v) is 4.78. The highest BCUT2D eigenvalue weighted by Crippen LogP contribution is 2.30. The molecule has 0 radical (unpaired) electrons. The summed E-state index contributed by atoms with van der Waals surface area (Å²) in [5.74, 6) is -1.03. The Labute approximate surface area is 94.1 Å². The lowest BCUT2D eigenvalue weighted by Crippen LogP contribution is -2.49. The maximum Gasteiger partial charge on any atom is 0.340 e. The van der Waals surface area contributed by atoms with Gasteiger partial charge in [0.15, 0.2) is 6.10 Å². The van der Waals surface area contributed by atoms with Gasteiger partial charge in [0.1, 0.15) is 6.10 Å². The summed E-state index contributed by atoms with van der Waals surface area (Å²) >= 11 is 0. The minimum atomic E-state index is -1.74. The molecule has 3 atom stereocenters. The molecule has 1 aliphatic heterocycles. The normalized spacial score (nSPS) is 32.5. The van der Waals surface area contributed by atoms with Crippen molar-refractivity contribution in [1.82, 2.24) is 9.55 Å². The first-order valence-electron chi connectivity index (χ1n) is 4.78. The number of H-pyrrole nitrogens is 1. The molecule has 2 heterocycles. The molecule has 0 spiro atoms. The minimum Gasteiger partial charge on any atom is -0.434 e. The van der Waals surface area contributed by atoms with Crippen LogP contribution in [0.1, 0.15) is 6.92 Å². The molecule has 0 aromatic carbocycles. The SMILES string of the molecule is C[C@@]1(n2ccc(=O)[nH]c2=O)OC(=O)[C@@H](O)[C@H]1O. The molecular weight excluding hydrogens is 232 g/mol. The number of aromatic nitrogens is 2. The number of esters is 1. The summed E-state index contributed by atoms with van der Waals surface area (Å²) in [6.45, 7) is 1.26. The van der Waals surface area contributed by atoms with E-state index in [0.717, 1.165) is 16.8 Å². The molecule has 1 aromatic heterocycles. The monoisotopic (exact) mass is 242 g/mol. The van der Waals surface area contributed by atoms with Crippen molar-refractivity contribution in [3.63, 3.8) is 0 Å². The summed E-state index contributed by atoms with van der Waals surface area (Å²) < 4.78 is 5.62. The third-order valence-electron chi connectivity index (χ3n) is 2.70. The second-order valence-electron chi connectivity index (χ2n) is 3.85. The first kappa shape index (κ1) is 11.6. The molecule has 17 heavy (non-hydrogen) atoms. The van der Waals surface area contributed by atoms with Crippen LogP contribution >= 0.6 is 0 Å². The maximum absolute atomic E-state index is 11.5. The number of hydrogen-bond donors (Lipinski definition) is 3. The molecule has 2 rings (SSSR count). The van der Waals surface area contributed by atoms with Crippen LogP contribution in [0.3, 0.4) is 0 Å². The summed E-state index contributed by atoms with van der Waals surface area (Å²) in [5, 5.41) is 19.0. The van der Waals surface area contributed by atoms with Gasteiger partial charge in [-0.25, -0.2) is 9.59 Å². The van der Waals surface area contributed by atoms with Gasteiger partial charge in [0, 0.05) is 12.3 Å². The van der Waals surface area contributed by atoms with Crippen LogP contribution in [0.2, 0.25) is 0 Å². The van der Waals surface area contributed by atoms with E-state index in [0.29, 0.717) is 0 Å². The highest BCUT2D eigenvalue weighted by molar-refractivity contribution is 5.78. The number of hydrogen-bond acceptors (Lipinski definition) is 6. The molecule has 0 saturated carbocycles. The number of aromatic amines is 1. The van der Waals surface area contributed by atoms with Gasteiger partial charge < -0.3 is 14.9 Å². The molecule has 1 aromatic rings. The van der Waals surface area contributed by atoms with E-state index in [1.807, 2.05) is 4.98 Å². The Bertz CT molecular complexity index is 575. The smallest absolute Gasteiger partial charge is 0.340 e. The second kappa shape index (κ2) is 3.54. The van der Waals surface area contributed by atoms with Crippen LogP contribution < -0.4 is 11.2 Å². The zero-order valence-electron chi connectivity index (χ0n) is 8.78. The standard InChI is InChI=1S/C9H10N2O6/c1-9(6(14)5(13)7(15)17-9)11-3-2-4(12)10-8(11)16/h2-3,5-6,13-14H,1H3,(H,10,12,16)/t5-,6+,9+/m0/s1. The van der Waals surface area contributed by atoms with E-state index in [4.69, 9.17) is 4.74 Å². The van der Waals surface area contributed by atoms with Crippen molar-refractivity contribution in [2.75, 3.05) is 0 Å². The van der Waals surface area contributed by atoms with Crippen molar-refractivity contribution >= 4 is 5.97 Å². The van der Waals surface area contributed by atoms with Crippen molar-refractivity contribution in [1.29, 1.82) is 0 Å². The Balaban J connectivity index is 2.57. The molecule has 0 aliphatic carbocycles. The van der Waals surface area contributed by atoms with Crippen LogP contribution in [-0.2, 0) is 15.3 Å². The fraction of sp³-hybridized carbons (Fsp3) is 0.444. The van der Waals surface area contributed by atoms with E-state index < -0.39 is 35.2 Å². The zero-order chi connectivity index (χ0) is 12.8. The van der Waals surface area contributed by atoms with Gasteiger partial charge in [0.05, 0.1) is 0 Å². The molecule has 0 unspecified atom stereocenters. The third-order valence-corrected chi connectivity index (χ3v) is 2.70. The van der Waals surface area contributed by atoms with E-state index >= 15 is 0 Å². The van der Waals surface area contributed by atoms with E-state index in [-0.39, 0.29) is 0 Å². The molecule has 1 saturated heterocycles. The van der Waals surface area contributed by atoms with Crippen LogP contribution in [0.15, 0.2) is 21.9 Å². The average Bonchev–Trinajstić information content (AvgIpc) is 2.43. The lowest BCUT2D eigenvalue weighted by molar-refractivity contribution is -0.162. The van der Waals surface area contributed by atoms with Crippen molar-refractivity contribution in [2.45, 2.75) is 24.9 Å². The van der Waals surface area contributed by atoms with E-state index in [1.54, 1.807) is 0 Å². The summed E-state index contributed by atoms with van der Waals surface area (Å²) in [6, 6.07) is 1.04. The van der Waals surface area contributed by atoms with Gasteiger partial charge in [0.2, 0.25) is 5.72 Å². The number of nitrogens with one attached hydrogen (secondary N) is 1. The molecule has 8 heteroatoms. The Kier molecular flexibility index (Phi) is 2.40. The van der Waals surface area contributed by atoms with Crippen molar-refractivity contribution in [3.8, 4) is 0 Å². The molecule has 0 amide bonds. The largest absolute Gasteiger partial charge is 0.434 e. The molecule has 0 bridgehead atoms. The second-order valence-corrected chi connectivity index (χ2v) is 3.85. The summed E-state index contributed by atoms with van der Waals surface area (Å²) in [6.07, 6.45) is -2.24. The topological polar surface area (TPSA) is 122 Å². The number of aliphatic hydroxyl groups is 2. The van der Waals surface area contributed by atoms with Crippen LogP contribution in [-0.4, -0.2) is 37.9 Å². The molecular formula is C9H10N2O6. The highest BCUT2D eigenvalue weighted by Gasteiger charge is 2.53. The van der Waals surface area contributed by atoms with Gasteiger partial charge in [-0.1, -0.05) is 0 Å².